The molecular weight excluding hydrogens is 347 g/mol. The van der Waals surface area contributed by atoms with Crippen molar-refractivity contribution >= 4 is 33.2 Å². The van der Waals surface area contributed by atoms with Gasteiger partial charge in [0.1, 0.15) is 5.82 Å². The Morgan fingerprint density at radius 3 is 2.86 bits per heavy atom. The maximum absolute atomic E-state index is 13.9. The Bertz CT molecular complexity index is 761. The fraction of sp³-hybridized carbons (Fsp3) is 0.235. The fourth-order valence-corrected chi connectivity index (χ4v) is 3.37. The number of hydrogen-bond acceptors (Lipinski definition) is 2. The molecule has 114 valence electrons. The first-order valence-corrected chi connectivity index (χ1v) is 7.88. The summed E-state index contributed by atoms with van der Waals surface area (Å²) < 4.78 is 14.8. The quantitative estimate of drug-likeness (QED) is 0.829. The number of benzene rings is 2. The van der Waals surface area contributed by atoms with Crippen molar-refractivity contribution in [1.29, 1.82) is 0 Å². The first kappa shape index (κ1) is 15.0. The maximum atomic E-state index is 13.9. The average molecular weight is 363 g/mol. The third kappa shape index (κ3) is 2.73. The first-order chi connectivity index (χ1) is 10.5. The van der Waals surface area contributed by atoms with Gasteiger partial charge in [-0.05, 0) is 48.2 Å². The second-order valence-corrected chi connectivity index (χ2v) is 6.49. The van der Waals surface area contributed by atoms with Crippen LogP contribution in [0.4, 0.5) is 15.8 Å². The number of anilines is 2. The highest BCUT2D eigenvalue weighted by molar-refractivity contribution is 9.10. The summed E-state index contributed by atoms with van der Waals surface area (Å²) in [6.45, 7) is 2.41. The first-order valence-electron chi connectivity index (χ1n) is 7.09. The van der Waals surface area contributed by atoms with Gasteiger partial charge in [0.05, 0.1) is 17.8 Å². The summed E-state index contributed by atoms with van der Waals surface area (Å²) in [6.07, 6.45) is 0.808. The summed E-state index contributed by atoms with van der Waals surface area (Å²) >= 11 is 3.41. The highest BCUT2D eigenvalue weighted by atomic mass is 79.9. The van der Waals surface area contributed by atoms with Crippen molar-refractivity contribution in [1.82, 2.24) is 0 Å². The third-order valence-corrected chi connectivity index (χ3v) is 4.37. The van der Waals surface area contributed by atoms with Gasteiger partial charge in [-0.1, -0.05) is 28.1 Å². The Labute approximate surface area is 137 Å². The Morgan fingerprint density at radius 1 is 1.36 bits per heavy atom. The summed E-state index contributed by atoms with van der Waals surface area (Å²) in [5, 5.41) is 0. The molecule has 0 fully saturated rings. The molecule has 1 aliphatic rings. The van der Waals surface area contributed by atoms with Gasteiger partial charge in [0.25, 0.3) is 0 Å². The van der Waals surface area contributed by atoms with Crippen LogP contribution < -0.4 is 10.6 Å². The number of amides is 1. The lowest BCUT2D eigenvalue weighted by Crippen LogP contribution is -2.31. The zero-order chi connectivity index (χ0) is 15.9. The van der Waals surface area contributed by atoms with Gasteiger partial charge in [0, 0.05) is 11.0 Å². The SMILES string of the molecule is Cc1ccc(CC(=O)N2CCc3cc(Br)cc(N)c32)c(F)c1. The smallest absolute Gasteiger partial charge is 0.231 e. The Morgan fingerprint density at radius 2 is 2.14 bits per heavy atom. The molecule has 0 saturated heterocycles. The molecule has 5 heteroatoms. The highest BCUT2D eigenvalue weighted by Gasteiger charge is 2.27. The van der Waals surface area contributed by atoms with Crippen LogP contribution in [0.1, 0.15) is 16.7 Å². The van der Waals surface area contributed by atoms with E-state index in [1.807, 2.05) is 19.1 Å². The number of nitrogens with zero attached hydrogens (tertiary/aromatic N) is 1. The number of halogens is 2. The van der Waals surface area contributed by atoms with E-state index in [4.69, 9.17) is 5.73 Å². The number of hydrogen-bond donors (Lipinski definition) is 1. The lowest BCUT2D eigenvalue weighted by atomic mass is 10.1. The van der Waals surface area contributed by atoms with Crippen molar-refractivity contribution in [2.45, 2.75) is 19.8 Å². The minimum Gasteiger partial charge on any atom is -0.397 e. The van der Waals surface area contributed by atoms with Crippen molar-refractivity contribution in [3.63, 3.8) is 0 Å². The molecule has 3 nitrogen and oxygen atoms in total. The van der Waals surface area contributed by atoms with E-state index in [1.165, 1.54) is 6.07 Å². The van der Waals surface area contributed by atoms with Gasteiger partial charge >= 0.3 is 0 Å². The van der Waals surface area contributed by atoms with Crippen molar-refractivity contribution in [2.24, 2.45) is 0 Å². The van der Waals surface area contributed by atoms with Gasteiger partial charge < -0.3 is 10.6 Å². The molecule has 3 rings (SSSR count). The van der Waals surface area contributed by atoms with Crippen molar-refractivity contribution in [3.8, 4) is 0 Å². The summed E-state index contributed by atoms with van der Waals surface area (Å²) in [4.78, 5) is 14.2. The number of carbonyl (C=O) groups excluding carboxylic acids is 1. The molecular formula is C17H16BrFN2O. The van der Waals surface area contributed by atoms with Crippen LogP contribution in [0.25, 0.3) is 0 Å². The number of rotatable bonds is 2. The van der Waals surface area contributed by atoms with E-state index < -0.39 is 0 Å². The van der Waals surface area contributed by atoms with Crippen LogP contribution in [-0.4, -0.2) is 12.5 Å². The maximum Gasteiger partial charge on any atom is 0.231 e. The number of fused-ring (bicyclic) bond motifs is 1. The summed E-state index contributed by atoms with van der Waals surface area (Å²) in [5.41, 5.74) is 9.68. The topological polar surface area (TPSA) is 46.3 Å². The van der Waals surface area contributed by atoms with E-state index in [0.29, 0.717) is 17.8 Å². The molecule has 0 unspecified atom stereocenters. The van der Waals surface area contributed by atoms with Crippen LogP contribution in [0, 0.1) is 12.7 Å². The van der Waals surface area contributed by atoms with E-state index in [-0.39, 0.29) is 18.1 Å². The summed E-state index contributed by atoms with van der Waals surface area (Å²) in [5.74, 6) is -0.466. The van der Waals surface area contributed by atoms with Crippen LogP contribution >= 0.6 is 15.9 Å². The van der Waals surface area contributed by atoms with E-state index in [0.717, 1.165) is 27.7 Å². The van der Waals surface area contributed by atoms with Crippen LogP contribution in [0.3, 0.4) is 0 Å². The number of nitrogen functional groups attached to an aromatic ring is 1. The average Bonchev–Trinajstić information content (AvgIpc) is 2.86. The Kier molecular flexibility index (Phi) is 3.91. The van der Waals surface area contributed by atoms with Gasteiger partial charge in [-0.2, -0.15) is 0 Å². The number of aryl methyl sites for hydroxylation is 1. The lowest BCUT2D eigenvalue weighted by molar-refractivity contribution is -0.117. The van der Waals surface area contributed by atoms with Gasteiger partial charge in [-0.15, -0.1) is 0 Å². The molecule has 22 heavy (non-hydrogen) atoms. The Hall–Kier alpha value is -1.88. The molecule has 0 atom stereocenters. The molecule has 0 bridgehead atoms. The minimum absolute atomic E-state index is 0.0427. The standard InChI is InChI=1S/C17H16BrFN2O/c1-10-2-3-11(14(19)6-10)8-16(22)21-5-4-12-7-13(18)9-15(20)17(12)21/h2-3,6-7,9H,4-5,8,20H2,1H3. The molecule has 2 aromatic carbocycles. The molecule has 1 amide bonds. The van der Waals surface area contributed by atoms with Crippen molar-refractivity contribution in [3.05, 3.63) is 57.3 Å². The normalized spacial score (nSPS) is 13.3. The van der Waals surface area contributed by atoms with Crippen LogP contribution in [-0.2, 0) is 17.6 Å². The predicted molar refractivity (Wildman–Crippen MR) is 89.5 cm³/mol. The molecule has 1 aliphatic heterocycles. The zero-order valence-corrected chi connectivity index (χ0v) is 13.8. The monoisotopic (exact) mass is 362 g/mol. The van der Waals surface area contributed by atoms with Gasteiger partial charge in [0.2, 0.25) is 5.91 Å². The summed E-state index contributed by atoms with van der Waals surface area (Å²) in [7, 11) is 0. The van der Waals surface area contributed by atoms with E-state index in [2.05, 4.69) is 15.9 Å². The second kappa shape index (κ2) is 5.72. The van der Waals surface area contributed by atoms with E-state index >= 15 is 0 Å². The van der Waals surface area contributed by atoms with Crippen LogP contribution in [0.5, 0.6) is 0 Å². The van der Waals surface area contributed by atoms with E-state index in [1.54, 1.807) is 17.0 Å². The van der Waals surface area contributed by atoms with Gasteiger partial charge in [-0.25, -0.2) is 4.39 Å². The van der Waals surface area contributed by atoms with E-state index in [9.17, 15) is 9.18 Å². The Balaban J connectivity index is 1.87. The van der Waals surface area contributed by atoms with Crippen molar-refractivity contribution < 1.29 is 9.18 Å². The molecule has 0 radical (unpaired) electrons. The molecule has 0 saturated carbocycles. The van der Waals surface area contributed by atoms with Crippen molar-refractivity contribution in [2.75, 3.05) is 17.2 Å². The number of nitrogens with two attached hydrogens (primary N) is 1. The molecule has 0 spiro atoms. The zero-order valence-electron chi connectivity index (χ0n) is 12.2. The number of carbonyl (C=O) groups is 1. The third-order valence-electron chi connectivity index (χ3n) is 3.91. The molecule has 2 aromatic rings. The van der Waals surface area contributed by atoms with Crippen LogP contribution in [0.15, 0.2) is 34.8 Å². The highest BCUT2D eigenvalue weighted by Crippen LogP contribution is 2.36. The molecule has 1 heterocycles. The summed E-state index contributed by atoms with van der Waals surface area (Å²) in [6, 6.07) is 8.70. The lowest BCUT2D eigenvalue weighted by Gasteiger charge is -2.19. The minimum atomic E-state index is -0.337. The van der Waals surface area contributed by atoms with Gasteiger partial charge in [0.15, 0.2) is 0 Å². The molecule has 0 aliphatic carbocycles. The van der Waals surface area contributed by atoms with Crippen LogP contribution in [0.2, 0.25) is 0 Å². The predicted octanol–water partition coefficient (Wildman–Crippen LogP) is 3.61. The second-order valence-electron chi connectivity index (χ2n) is 5.57. The van der Waals surface area contributed by atoms with Gasteiger partial charge in [-0.3, -0.25) is 4.79 Å². The fourth-order valence-electron chi connectivity index (χ4n) is 2.85. The molecule has 0 aromatic heterocycles. The molecule has 2 N–H and O–H groups in total. The largest absolute Gasteiger partial charge is 0.397 e.